The van der Waals surface area contributed by atoms with Gasteiger partial charge < -0.3 is 4.74 Å². The van der Waals surface area contributed by atoms with Gasteiger partial charge >= 0.3 is 0 Å². The lowest BCUT2D eigenvalue weighted by Gasteiger charge is -2.19. The van der Waals surface area contributed by atoms with E-state index in [0.29, 0.717) is 34.6 Å². The van der Waals surface area contributed by atoms with Crippen LogP contribution < -0.4 is 9.64 Å². The van der Waals surface area contributed by atoms with E-state index in [9.17, 15) is 4.79 Å². The molecule has 0 saturated carbocycles. The van der Waals surface area contributed by atoms with Gasteiger partial charge in [0.15, 0.2) is 5.13 Å². The molecule has 0 saturated heterocycles. The van der Waals surface area contributed by atoms with Crippen molar-refractivity contribution < 1.29 is 9.53 Å². The third-order valence-electron chi connectivity index (χ3n) is 4.26. The number of hydrogen-bond acceptors (Lipinski definition) is 5. The second kappa shape index (κ2) is 8.59. The minimum Gasteiger partial charge on any atom is -0.492 e. The fourth-order valence-corrected chi connectivity index (χ4v) is 4.13. The molecule has 5 nitrogen and oxygen atoms in total. The molecule has 0 bridgehead atoms. The molecule has 0 radical (unpaired) electrons. The van der Waals surface area contributed by atoms with E-state index in [-0.39, 0.29) is 5.91 Å². The minimum atomic E-state index is -0.185. The predicted molar refractivity (Wildman–Crippen MR) is 117 cm³/mol. The Balaban J connectivity index is 1.78. The molecule has 0 atom stereocenters. The SMILES string of the molecule is CCOc1cccc2sc(N(Cc3ccccn3)C(=O)c3cccc(Cl)c3)nc12. The minimum absolute atomic E-state index is 0.185. The van der Waals surface area contributed by atoms with Crippen molar-refractivity contribution in [1.29, 1.82) is 0 Å². The number of halogens is 1. The Kier molecular flexibility index (Phi) is 5.74. The molecule has 2 aromatic heterocycles. The smallest absolute Gasteiger partial charge is 0.260 e. The fourth-order valence-electron chi connectivity index (χ4n) is 2.96. The van der Waals surface area contributed by atoms with Gasteiger partial charge in [0.05, 0.1) is 23.5 Å². The van der Waals surface area contributed by atoms with E-state index >= 15 is 0 Å². The van der Waals surface area contributed by atoms with Crippen LogP contribution in [0, 0.1) is 0 Å². The van der Waals surface area contributed by atoms with Crippen LogP contribution in [0.3, 0.4) is 0 Å². The first-order valence-corrected chi connectivity index (χ1v) is 10.3. The summed E-state index contributed by atoms with van der Waals surface area (Å²) in [4.78, 5) is 24.1. The van der Waals surface area contributed by atoms with Crippen LogP contribution >= 0.6 is 22.9 Å². The molecule has 4 aromatic rings. The summed E-state index contributed by atoms with van der Waals surface area (Å²) in [5.41, 5.74) is 2.02. The highest BCUT2D eigenvalue weighted by Crippen LogP contribution is 2.35. The molecule has 0 aliphatic carbocycles. The largest absolute Gasteiger partial charge is 0.492 e. The van der Waals surface area contributed by atoms with E-state index in [2.05, 4.69) is 4.98 Å². The predicted octanol–water partition coefficient (Wildman–Crippen LogP) is 5.59. The summed E-state index contributed by atoms with van der Waals surface area (Å²) in [5.74, 6) is 0.524. The van der Waals surface area contributed by atoms with Crippen LogP contribution in [0.5, 0.6) is 5.75 Å². The van der Waals surface area contributed by atoms with Crippen molar-refractivity contribution in [2.24, 2.45) is 0 Å². The highest BCUT2D eigenvalue weighted by molar-refractivity contribution is 7.22. The van der Waals surface area contributed by atoms with E-state index in [1.165, 1.54) is 11.3 Å². The van der Waals surface area contributed by atoms with E-state index in [0.717, 1.165) is 15.9 Å². The van der Waals surface area contributed by atoms with Gasteiger partial charge in [-0.05, 0) is 49.4 Å². The molecule has 2 heterocycles. The number of benzene rings is 2. The van der Waals surface area contributed by atoms with Gasteiger partial charge in [-0.2, -0.15) is 0 Å². The summed E-state index contributed by atoms with van der Waals surface area (Å²) >= 11 is 7.55. The van der Waals surface area contributed by atoms with Crippen LogP contribution in [0.4, 0.5) is 5.13 Å². The zero-order valence-corrected chi connectivity index (χ0v) is 17.3. The molecule has 0 unspecified atom stereocenters. The molecule has 2 aromatic carbocycles. The van der Waals surface area contributed by atoms with Gasteiger partial charge in [0.1, 0.15) is 11.3 Å². The van der Waals surface area contributed by atoms with Crippen molar-refractivity contribution in [1.82, 2.24) is 9.97 Å². The summed E-state index contributed by atoms with van der Waals surface area (Å²) in [6.07, 6.45) is 1.71. The number of anilines is 1. The fraction of sp³-hybridized carbons (Fsp3) is 0.136. The van der Waals surface area contributed by atoms with E-state index in [1.807, 2.05) is 43.3 Å². The van der Waals surface area contributed by atoms with Gasteiger partial charge in [0, 0.05) is 16.8 Å². The van der Waals surface area contributed by atoms with Crippen molar-refractivity contribution in [2.75, 3.05) is 11.5 Å². The lowest BCUT2D eigenvalue weighted by Crippen LogP contribution is -2.30. The molecule has 146 valence electrons. The Morgan fingerprint density at radius 2 is 2.00 bits per heavy atom. The number of ether oxygens (including phenoxy) is 1. The van der Waals surface area contributed by atoms with Crippen LogP contribution in [0.1, 0.15) is 23.0 Å². The second-order valence-electron chi connectivity index (χ2n) is 6.26. The number of amides is 1. The van der Waals surface area contributed by atoms with Gasteiger partial charge in [-0.3, -0.25) is 14.7 Å². The van der Waals surface area contributed by atoms with Crippen molar-refractivity contribution in [3.05, 3.63) is 83.1 Å². The average molecular weight is 424 g/mol. The molecular weight excluding hydrogens is 406 g/mol. The molecular formula is C22H18ClN3O2S. The average Bonchev–Trinajstić information content (AvgIpc) is 3.17. The van der Waals surface area contributed by atoms with Crippen LogP contribution in [0.15, 0.2) is 66.9 Å². The number of carbonyl (C=O) groups excluding carboxylic acids is 1. The number of pyridine rings is 1. The summed E-state index contributed by atoms with van der Waals surface area (Å²) < 4.78 is 6.66. The van der Waals surface area contributed by atoms with E-state index < -0.39 is 0 Å². The summed E-state index contributed by atoms with van der Waals surface area (Å²) in [6, 6.07) is 18.3. The Morgan fingerprint density at radius 3 is 2.76 bits per heavy atom. The molecule has 0 spiro atoms. The van der Waals surface area contributed by atoms with E-state index in [1.54, 1.807) is 35.4 Å². The topological polar surface area (TPSA) is 55.3 Å². The molecule has 1 amide bonds. The van der Waals surface area contributed by atoms with Gasteiger partial charge in [-0.15, -0.1) is 0 Å². The van der Waals surface area contributed by atoms with Crippen LogP contribution in [0.2, 0.25) is 5.02 Å². The maximum atomic E-state index is 13.4. The number of carbonyl (C=O) groups is 1. The van der Waals surface area contributed by atoms with Crippen LogP contribution in [-0.4, -0.2) is 22.5 Å². The van der Waals surface area contributed by atoms with Crippen LogP contribution in [-0.2, 0) is 6.54 Å². The molecule has 7 heteroatoms. The lowest BCUT2D eigenvalue weighted by molar-refractivity contribution is 0.0985. The Morgan fingerprint density at radius 1 is 1.14 bits per heavy atom. The monoisotopic (exact) mass is 423 g/mol. The zero-order valence-electron chi connectivity index (χ0n) is 15.7. The van der Waals surface area contributed by atoms with Gasteiger partial charge in [0.25, 0.3) is 5.91 Å². The van der Waals surface area contributed by atoms with Crippen molar-refractivity contribution in [3.8, 4) is 5.75 Å². The number of rotatable bonds is 6. The van der Waals surface area contributed by atoms with Crippen molar-refractivity contribution >= 4 is 44.2 Å². The third kappa shape index (κ3) is 4.23. The van der Waals surface area contributed by atoms with Gasteiger partial charge in [-0.1, -0.05) is 41.1 Å². The number of thiazole rings is 1. The highest BCUT2D eigenvalue weighted by Gasteiger charge is 2.23. The first-order chi connectivity index (χ1) is 14.2. The second-order valence-corrected chi connectivity index (χ2v) is 7.70. The van der Waals surface area contributed by atoms with Gasteiger partial charge in [0.2, 0.25) is 0 Å². The Hall–Kier alpha value is -2.96. The summed E-state index contributed by atoms with van der Waals surface area (Å²) in [7, 11) is 0. The standard InChI is InChI=1S/C22H18ClN3O2S/c1-2-28-18-10-6-11-19-20(18)25-22(29-19)26(14-17-9-3-4-12-24-17)21(27)15-7-5-8-16(23)13-15/h3-13H,2,14H2,1H3. The quantitative estimate of drug-likeness (QED) is 0.405. The normalized spacial score (nSPS) is 10.8. The number of para-hydroxylation sites is 1. The zero-order chi connectivity index (χ0) is 20.2. The summed E-state index contributed by atoms with van der Waals surface area (Å²) in [6.45, 7) is 2.78. The van der Waals surface area contributed by atoms with E-state index in [4.69, 9.17) is 21.3 Å². The number of fused-ring (bicyclic) bond motifs is 1. The highest BCUT2D eigenvalue weighted by atomic mass is 35.5. The first-order valence-electron chi connectivity index (χ1n) is 9.15. The third-order valence-corrected chi connectivity index (χ3v) is 5.54. The molecule has 0 fully saturated rings. The molecule has 4 rings (SSSR count). The first kappa shape index (κ1) is 19.4. The van der Waals surface area contributed by atoms with Crippen LogP contribution in [0.25, 0.3) is 10.2 Å². The molecule has 29 heavy (non-hydrogen) atoms. The number of nitrogens with zero attached hydrogens (tertiary/aromatic N) is 3. The Bertz CT molecular complexity index is 1150. The summed E-state index contributed by atoms with van der Waals surface area (Å²) in [5, 5.41) is 1.10. The molecule has 0 N–H and O–H groups in total. The van der Waals surface area contributed by atoms with Gasteiger partial charge in [-0.25, -0.2) is 4.98 Å². The lowest BCUT2D eigenvalue weighted by atomic mass is 10.2. The maximum Gasteiger partial charge on any atom is 0.260 e. The molecule has 0 aliphatic rings. The van der Waals surface area contributed by atoms with Crippen molar-refractivity contribution in [2.45, 2.75) is 13.5 Å². The molecule has 0 aliphatic heterocycles. The van der Waals surface area contributed by atoms with Crippen molar-refractivity contribution in [3.63, 3.8) is 0 Å². The Labute approximate surface area is 177 Å². The maximum absolute atomic E-state index is 13.4. The number of aromatic nitrogens is 2. The number of hydrogen-bond donors (Lipinski definition) is 0.